The molecule has 0 spiro atoms. The van der Waals surface area contributed by atoms with Crippen LogP contribution in [-0.4, -0.2) is 48.6 Å². The van der Waals surface area contributed by atoms with Crippen LogP contribution < -0.4 is 15.4 Å². The third-order valence-electron chi connectivity index (χ3n) is 6.16. The van der Waals surface area contributed by atoms with Crippen LogP contribution in [0.3, 0.4) is 0 Å². The molecular formula is C29H35Cl2FN4O4S2. The quantitative estimate of drug-likeness (QED) is 0.163. The van der Waals surface area contributed by atoms with Crippen LogP contribution in [0, 0.1) is 11.7 Å². The van der Waals surface area contributed by atoms with Crippen LogP contribution >= 0.6 is 23.2 Å². The fourth-order valence-corrected chi connectivity index (χ4v) is 7.27. The van der Waals surface area contributed by atoms with Crippen molar-refractivity contribution in [1.29, 1.82) is 0 Å². The molecule has 0 radical (unpaired) electrons. The van der Waals surface area contributed by atoms with Gasteiger partial charge in [-0.3, -0.25) is 0 Å². The first-order valence-corrected chi connectivity index (χ1v) is 16.8. The highest BCUT2D eigenvalue weighted by Crippen LogP contribution is 2.23. The lowest BCUT2D eigenvalue weighted by atomic mass is 10.0. The van der Waals surface area contributed by atoms with E-state index < -0.39 is 38.9 Å². The number of hydrogen-bond donors (Lipinski definition) is 3. The number of carbonyl (C=O) groups excluding carboxylic acids is 1. The average Bonchev–Trinajstić information content (AvgIpc) is 2.92. The molecular weight excluding hydrogens is 622 g/mol. The van der Waals surface area contributed by atoms with Gasteiger partial charge in [-0.25, -0.2) is 26.5 Å². The lowest BCUT2D eigenvalue weighted by molar-refractivity contribution is 0.241. The van der Waals surface area contributed by atoms with E-state index in [2.05, 4.69) is 15.4 Å². The Morgan fingerprint density at radius 3 is 2.33 bits per heavy atom. The van der Waals surface area contributed by atoms with Crippen LogP contribution in [0.1, 0.15) is 33.1 Å². The van der Waals surface area contributed by atoms with E-state index in [1.807, 2.05) is 19.9 Å². The van der Waals surface area contributed by atoms with Gasteiger partial charge in [0.2, 0.25) is 10.0 Å². The second-order valence-corrected chi connectivity index (χ2v) is 14.1. The zero-order valence-electron chi connectivity index (χ0n) is 23.4. The fraction of sp³-hybridized carbons (Fsp3) is 0.345. The van der Waals surface area contributed by atoms with Crippen LogP contribution in [0.25, 0.3) is 0 Å². The fourth-order valence-electron chi connectivity index (χ4n) is 4.21. The number of amides is 2. The number of unbranched alkanes of at least 4 members (excludes halogenated alkanes) is 1. The Kier molecular flexibility index (Phi) is 13.2. The number of carbonyl (C=O) groups is 1. The molecule has 0 aliphatic heterocycles. The Bertz CT molecular complexity index is 1450. The van der Waals surface area contributed by atoms with E-state index in [1.165, 1.54) is 22.5 Å². The summed E-state index contributed by atoms with van der Waals surface area (Å²) in [5.74, 6) is -0.376. The molecule has 0 aromatic heterocycles. The third-order valence-corrected chi connectivity index (χ3v) is 9.92. The maximum absolute atomic E-state index is 13.6. The molecule has 0 saturated carbocycles. The predicted octanol–water partition coefficient (Wildman–Crippen LogP) is 6.45. The van der Waals surface area contributed by atoms with E-state index in [1.54, 1.807) is 36.4 Å². The van der Waals surface area contributed by atoms with Crippen molar-refractivity contribution in [2.45, 2.75) is 48.9 Å². The average molecular weight is 658 g/mol. The standard InChI is InChI=1S/C29H35Cl2FN4O4S2/c1-21(2)18-25(35-29(37)34-24-8-4-3-5-9-24)20-36(42(39,40)26-13-11-23(32)12-14-26)17-7-6-16-33-41(38)28-15-10-22(30)19-27(28)31/h3-5,8-15,19,21,25,33H,6-7,16-18,20H2,1-2H3,(H2,34,35,37). The third kappa shape index (κ3) is 10.6. The first-order chi connectivity index (χ1) is 20.0. The number of rotatable bonds is 15. The van der Waals surface area contributed by atoms with Crippen LogP contribution in [0.4, 0.5) is 14.9 Å². The van der Waals surface area contributed by atoms with Crippen LogP contribution in [0.15, 0.2) is 82.6 Å². The van der Waals surface area contributed by atoms with E-state index in [-0.39, 0.29) is 28.9 Å². The molecule has 2 atom stereocenters. The minimum atomic E-state index is -4.01. The van der Waals surface area contributed by atoms with Gasteiger partial charge in [-0.1, -0.05) is 55.2 Å². The Labute approximate surface area is 259 Å². The molecule has 0 heterocycles. The summed E-state index contributed by atoms with van der Waals surface area (Å²) in [5, 5.41) is 6.40. The summed E-state index contributed by atoms with van der Waals surface area (Å²) in [7, 11) is -5.58. The lowest BCUT2D eigenvalue weighted by Crippen LogP contribution is -2.48. The smallest absolute Gasteiger partial charge is 0.319 e. The van der Waals surface area contributed by atoms with Gasteiger partial charge < -0.3 is 10.6 Å². The highest BCUT2D eigenvalue weighted by molar-refractivity contribution is 7.89. The monoisotopic (exact) mass is 656 g/mol. The zero-order chi connectivity index (χ0) is 30.7. The molecule has 2 amide bonds. The molecule has 3 aromatic rings. The summed E-state index contributed by atoms with van der Waals surface area (Å²) in [6.07, 6.45) is 1.47. The van der Waals surface area contributed by atoms with E-state index in [0.29, 0.717) is 41.4 Å². The lowest BCUT2D eigenvalue weighted by Gasteiger charge is -2.29. The van der Waals surface area contributed by atoms with Gasteiger partial charge in [0.05, 0.1) is 14.8 Å². The molecule has 0 aliphatic rings. The van der Waals surface area contributed by atoms with Gasteiger partial charge in [-0.15, -0.1) is 0 Å². The molecule has 0 fully saturated rings. The molecule has 13 heteroatoms. The summed E-state index contributed by atoms with van der Waals surface area (Å²) in [5.41, 5.74) is 0.610. The Hall–Kier alpha value is -2.54. The molecule has 3 rings (SSSR count). The number of nitrogens with one attached hydrogen (secondary N) is 3. The molecule has 3 N–H and O–H groups in total. The van der Waals surface area contributed by atoms with E-state index in [4.69, 9.17) is 23.2 Å². The highest BCUT2D eigenvalue weighted by atomic mass is 35.5. The number of hydrogen-bond acceptors (Lipinski definition) is 4. The number of urea groups is 1. The van der Waals surface area contributed by atoms with Gasteiger partial charge in [0.15, 0.2) is 0 Å². The summed E-state index contributed by atoms with van der Waals surface area (Å²) >= 11 is 12.1. The topological polar surface area (TPSA) is 108 Å². The van der Waals surface area contributed by atoms with Crippen LogP contribution in [-0.2, 0) is 21.0 Å². The summed E-state index contributed by atoms with van der Waals surface area (Å²) in [4.78, 5) is 13.1. The van der Waals surface area contributed by atoms with Crippen LogP contribution in [0.2, 0.25) is 10.0 Å². The molecule has 0 aliphatic carbocycles. The number of sulfonamides is 1. The number of benzene rings is 3. The second kappa shape index (κ2) is 16.3. The summed E-state index contributed by atoms with van der Waals surface area (Å²) < 4.78 is 57.7. The van der Waals surface area contributed by atoms with Gasteiger partial charge in [-0.05, 0) is 79.8 Å². The van der Waals surface area contributed by atoms with Crippen LogP contribution in [0.5, 0.6) is 0 Å². The SMILES string of the molecule is CC(C)CC(CN(CCCCNS(=O)c1ccc(Cl)cc1Cl)S(=O)(=O)c1ccc(F)cc1)NC(=O)Nc1ccccc1. The first kappa shape index (κ1) is 34.0. The number of nitrogens with zero attached hydrogens (tertiary/aromatic N) is 1. The van der Waals surface area contributed by atoms with E-state index >= 15 is 0 Å². The molecule has 228 valence electrons. The molecule has 8 nitrogen and oxygen atoms in total. The minimum Gasteiger partial charge on any atom is -0.334 e. The minimum absolute atomic E-state index is 0.0137. The normalized spacial score (nSPS) is 13.2. The van der Waals surface area contributed by atoms with E-state index in [9.17, 15) is 21.8 Å². The van der Waals surface area contributed by atoms with Gasteiger partial charge >= 0.3 is 6.03 Å². The van der Waals surface area contributed by atoms with Gasteiger partial charge in [0, 0.05) is 36.4 Å². The number of para-hydroxylation sites is 1. The zero-order valence-corrected chi connectivity index (χ0v) is 26.5. The highest BCUT2D eigenvalue weighted by Gasteiger charge is 2.28. The van der Waals surface area contributed by atoms with Crippen molar-refractivity contribution in [2.75, 3.05) is 25.0 Å². The molecule has 3 aromatic carbocycles. The Morgan fingerprint density at radius 1 is 1.00 bits per heavy atom. The Morgan fingerprint density at radius 2 is 1.69 bits per heavy atom. The molecule has 0 bridgehead atoms. The van der Waals surface area contributed by atoms with E-state index in [0.717, 1.165) is 12.1 Å². The van der Waals surface area contributed by atoms with Crippen molar-refractivity contribution in [1.82, 2.24) is 14.3 Å². The maximum Gasteiger partial charge on any atom is 0.319 e. The number of anilines is 1. The van der Waals surface area contributed by atoms with Gasteiger partial charge in [0.25, 0.3) is 0 Å². The first-order valence-electron chi connectivity index (χ1n) is 13.4. The second-order valence-electron chi connectivity index (χ2n) is 10.1. The Balaban J connectivity index is 1.69. The molecule has 42 heavy (non-hydrogen) atoms. The number of halogens is 3. The van der Waals surface area contributed by atoms with Gasteiger partial charge in [-0.2, -0.15) is 4.31 Å². The van der Waals surface area contributed by atoms with Gasteiger partial charge in [0.1, 0.15) is 16.8 Å². The summed E-state index contributed by atoms with van der Waals surface area (Å²) in [6.45, 7) is 4.46. The van der Waals surface area contributed by atoms with Crippen molar-refractivity contribution in [3.05, 3.63) is 88.7 Å². The summed E-state index contributed by atoms with van der Waals surface area (Å²) in [6, 6.07) is 17.3. The molecule has 0 saturated heterocycles. The molecule has 2 unspecified atom stereocenters. The van der Waals surface area contributed by atoms with Crippen molar-refractivity contribution < 1.29 is 21.8 Å². The largest absolute Gasteiger partial charge is 0.334 e. The maximum atomic E-state index is 13.6. The predicted molar refractivity (Wildman–Crippen MR) is 167 cm³/mol. The van der Waals surface area contributed by atoms with Crippen molar-refractivity contribution >= 4 is 55.9 Å². The van der Waals surface area contributed by atoms with Crippen molar-refractivity contribution in [3.63, 3.8) is 0 Å². The van der Waals surface area contributed by atoms with Crippen molar-refractivity contribution in [2.24, 2.45) is 5.92 Å². The van der Waals surface area contributed by atoms with Crippen molar-refractivity contribution in [3.8, 4) is 0 Å².